The van der Waals surface area contributed by atoms with Crippen molar-refractivity contribution in [2.75, 3.05) is 5.73 Å². The molecule has 3 heterocycles. The van der Waals surface area contributed by atoms with Crippen LogP contribution in [0.3, 0.4) is 0 Å². The van der Waals surface area contributed by atoms with E-state index in [-0.39, 0.29) is 5.89 Å². The molecule has 4 aromatic rings. The highest BCUT2D eigenvalue weighted by molar-refractivity contribution is 6.30. The van der Waals surface area contributed by atoms with Crippen molar-refractivity contribution in [3.05, 3.63) is 47.4 Å². The van der Waals surface area contributed by atoms with Crippen LogP contribution in [0.1, 0.15) is 5.76 Å². The lowest BCUT2D eigenvalue weighted by Gasteiger charge is -1.99. The molecule has 0 saturated heterocycles. The Morgan fingerprint density at radius 2 is 1.96 bits per heavy atom. The maximum absolute atomic E-state index is 6.06. The molecular weight excluding hydrogens is 344 g/mol. The molecule has 8 nitrogen and oxygen atoms in total. The van der Waals surface area contributed by atoms with Crippen molar-refractivity contribution >= 4 is 17.4 Å². The number of aromatic nitrogens is 5. The zero-order valence-corrected chi connectivity index (χ0v) is 13.7. The van der Waals surface area contributed by atoms with Crippen LogP contribution in [-0.2, 0) is 0 Å². The number of aryl methyl sites for hydroxylation is 1. The van der Waals surface area contributed by atoms with Crippen molar-refractivity contribution in [3.8, 4) is 34.2 Å². The van der Waals surface area contributed by atoms with Crippen LogP contribution in [0.25, 0.3) is 34.2 Å². The molecule has 0 aliphatic carbocycles. The van der Waals surface area contributed by atoms with Gasteiger partial charge in [0.25, 0.3) is 5.89 Å². The monoisotopic (exact) mass is 354 g/mol. The molecule has 0 amide bonds. The molecule has 1 aromatic carbocycles. The van der Waals surface area contributed by atoms with Crippen LogP contribution in [0.2, 0.25) is 5.02 Å². The van der Waals surface area contributed by atoms with Crippen molar-refractivity contribution in [1.29, 1.82) is 0 Å². The Balaban J connectivity index is 1.80. The van der Waals surface area contributed by atoms with Gasteiger partial charge in [-0.25, -0.2) is 9.97 Å². The van der Waals surface area contributed by atoms with Gasteiger partial charge in [-0.05, 0) is 19.1 Å². The second-order valence-corrected chi connectivity index (χ2v) is 5.66. The predicted octanol–water partition coefficient (Wildman–Crippen LogP) is 3.39. The Labute approximate surface area is 146 Å². The highest BCUT2D eigenvalue weighted by Gasteiger charge is 2.23. The minimum atomic E-state index is 0.265. The Kier molecular flexibility index (Phi) is 3.66. The van der Waals surface area contributed by atoms with E-state index in [1.807, 2.05) is 12.1 Å². The number of rotatable bonds is 3. The van der Waals surface area contributed by atoms with E-state index in [1.54, 1.807) is 25.1 Å². The lowest BCUT2D eigenvalue weighted by Crippen LogP contribution is -1.93. The number of nitrogens with two attached hydrogens (primary N) is 1. The molecule has 3 aromatic heterocycles. The topological polar surface area (TPSA) is 117 Å². The standard InChI is InChI=1S/C16H11ClN6O2/c1-8-13(14(22-24-8)9-3-2-4-10(17)5-9)16-21-15(23-25-16)11-6-12(18)20-7-19-11/h2-7H,1H3,(H2,18,19,20). The Hall–Kier alpha value is -3.26. The molecule has 9 heteroatoms. The maximum Gasteiger partial charge on any atom is 0.264 e. The fourth-order valence-corrected chi connectivity index (χ4v) is 2.57. The van der Waals surface area contributed by atoms with Crippen molar-refractivity contribution < 1.29 is 9.05 Å². The average Bonchev–Trinajstić information content (AvgIpc) is 3.21. The summed E-state index contributed by atoms with van der Waals surface area (Å²) in [5.74, 6) is 1.42. The molecule has 0 bridgehead atoms. The summed E-state index contributed by atoms with van der Waals surface area (Å²) in [7, 11) is 0. The van der Waals surface area contributed by atoms with Gasteiger partial charge in [-0.3, -0.25) is 0 Å². The number of anilines is 1. The van der Waals surface area contributed by atoms with Gasteiger partial charge in [-0.2, -0.15) is 4.98 Å². The van der Waals surface area contributed by atoms with E-state index < -0.39 is 0 Å². The van der Waals surface area contributed by atoms with E-state index in [9.17, 15) is 0 Å². The Morgan fingerprint density at radius 3 is 2.76 bits per heavy atom. The molecule has 124 valence electrons. The molecule has 0 radical (unpaired) electrons. The third kappa shape index (κ3) is 2.83. The summed E-state index contributed by atoms with van der Waals surface area (Å²) in [6.45, 7) is 1.77. The van der Waals surface area contributed by atoms with Gasteiger partial charge in [-0.15, -0.1) is 0 Å². The summed E-state index contributed by atoms with van der Waals surface area (Å²) in [6, 6.07) is 8.82. The second-order valence-electron chi connectivity index (χ2n) is 5.22. The van der Waals surface area contributed by atoms with Gasteiger partial charge in [0.05, 0.1) is 0 Å². The van der Waals surface area contributed by atoms with Crippen molar-refractivity contribution in [2.24, 2.45) is 0 Å². The summed E-state index contributed by atoms with van der Waals surface area (Å²) >= 11 is 6.06. The number of benzene rings is 1. The molecule has 0 unspecified atom stereocenters. The van der Waals surface area contributed by atoms with Gasteiger partial charge in [0.15, 0.2) is 0 Å². The molecule has 0 aliphatic rings. The SMILES string of the molecule is Cc1onc(-c2cccc(Cl)c2)c1-c1nc(-c2cc(N)ncn2)no1. The van der Waals surface area contributed by atoms with Crippen LogP contribution in [0.5, 0.6) is 0 Å². The first kappa shape index (κ1) is 15.3. The van der Waals surface area contributed by atoms with Crippen molar-refractivity contribution in [2.45, 2.75) is 6.92 Å². The van der Waals surface area contributed by atoms with Crippen molar-refractivity contribution in [3.63, 3.8) is 0 Å². The minimum absolute atomic E-state index is 0.265. The molecular formula is C16H11ClN6O2. The smallest absolute Gasteiger partial charge is 0.264 e. The van der Waals surface area contributed by atoms with Crippen LogP contribution < -0.4 is 5.73 Å². The number of hydrogen-bond donors (Lipinski definition) is 1. The first-order valence-corrected chi connectivity index (χ1v) is 7.64. The summed E-state index contributed by atoms with van der Waals surface area (Å²) in [4.78, 5) is 12.3. The first-order valence-electron chi connectivity index (χ1n) is 7.26. The average molecular weight is 355 g/mol. The third-order valence-corrected chi connectivity index (χ3v) is 3.75. The molecule has 0 atom stereocenters. The number of halogens is 1. The molecule has 2 N–H and O–H groups in total. The first-order chi connectivity index (χ1) is 12.1. The number of nitrogen functional groups attached to an aromatic ring is 1. The quantitative estimate of drug-likeness (QED) is 0.594. The van der Waals surface area contributed by atoms with Crippen LogP contribution in [0, 0.1) is 6.92 Å². The van der Waals surface area contributed by atoms with E-state index in [2.05, 4.69) is 25.3 Å². The fraction of sp³-hybridized carbons (Fsp3) is 0.0625. The molecule has 0 saturated carbocycles. The van der Waals surface area contributed by atoms with E-state index >= 15 is 0 Å². The fourth-order valence-electron chi connectivity index (χ4n) is 2.38. The van der Waals surface area contributed by atoms with E-state index in [4.69, 9.17) is 26.4 Å². The van der Waals surface area contributed by atoms with Crippen molar-refractivity contribution in [1.82, 2.24) is 25.3 Å². The maximum atomic E-state index is 6.06. The van der Waals surface area contributed by atoms with Gasteiger partial charge in [0.1, 0.15) is 34.9 Å². The normalized spacial score (nSPS) is 11.0. The van der Waals surface area contributed by atoms with Crippen LogP contribution in [-0.4, -0.2) is 25.3 Å². The third-order valence-electron chi connectivity index (χ3n) is 3.52. The predicted molar refractivity (Wildman–Crippen MR) is 90.4 cm³/mol. The van der Waals surface area contributed by atoms with Crippen LogP contribution in [0.4, 0.5) is 5.82 Å². The van der Waals surface area contributed by atoms with Gasteiger partial charge in [0, 0.05) is 16.7 Å². The molecule has 0 fully saturated rings. The molecule has 0 aliphatic heterocycles. The summed E-state index contributed by atoms with van der Waals surface area (Å²) < 4.78 is 10.7. The number of nitrogens with zero attached hydrogens (tertiary/aromatic N) is 5. The van der Waals surface area contributed by atoms with Crippen LogP contribution >= 0.6 is 11.6 Å². The van der Waals surface area contributed by atoms with E-state index in [0.29, 0.717) is 39.4 Å². The van der Waals surface area contributed by atoms with Gasteiger partial charge in [-0.1, -0.05) is 34.0 Å². The molecule has 25 heavy (non-hydrogen) atoms. The van der Waals surface area contributed by atoms with Gasteiger partial charge in [0.2, 0.25) is 5.82 Å². The Morgan fingerprint density at radius 1 is 1.08 bits per heavy atom. The summed E-state index contributed by atoms with van der Waals surface area (Å²) in [5.41, 5.74) is 8.07. The Bertz CT molecular complexity index is 1060. The highest BCUT2D eigenvalue weighted by Crippen LogP contribution is 2.34. The molecule has 4 rings (SSSR count). The van der Waals surface area contributed by atoms with Gasteiger partial charge >= 0.3 is 0 Å². The summed E-state index contributed by atoms with van der Waals surface area (Å²) in [5, 5.41) is 8.63. The summed E-state index contributed by atoms with van der Waals surface area (Å²) in [6.07, 6.45) is 1.34. The van der Waals surface area contributed by atoms with Crippen LogP contribution in [0.15, 0.2) is 45.7 Å². The van der Waals surface area contributed by atoms with E-state index in [1.165, 1.54) is 6.33 Å². The minimum Gasteiger partial charge on any atom is -0.384 e. The second kappa shape index (κ2) is 5.99. The van der Waals surface area contributed by atoms with E-state index in [0.717, 1.165) is 5.56 Å². The zero-order chi connectivity index (χ0) is 17.4. The highest BCUT2D eigenvalue weighted by atomic mass is 35.5. The molecule has 0 spiro atoms. The zero-order valence-electron chi connectivity index (χ0n) is 13.0. The largest absolute Gasteiger partial charge is 0.384 e. The van der Waals surface area contributed by atoms with Gasteiger partial charge < -0.3 is 14.8 Å². The lowest BCUT2D eigenvalue weighted by atomic mass is 10.1. The lowest BCUT2D eigenvalue weighted by molar-refractivity contribution is 0.397. The number of hydrogen-bond acceptors (Lipinski definition) is 8.